The van der Waals surface area contributed by atoms with Crippen LogP contribution in [-0.4, -0.2) is 56.3 Å². The van der Waals surface area contributed by atoms with Gasteiger partial charge in [-0.25, -0.2) is 8.42 Å². The molecule has 2 heterocycles. The maximum atomic E-state index is 12.8. The Bertz CT molecular complexity index is 1030. The van der Waals surface area contributed by atoms with Crippen molar-refractivity contribution >= 4 is 33.2 Å². The summed E-state index contributed by atoms with van der Waals surface area (Å²) in [5, 5.41) is 3.15. The van der Waals surface area contributed by atoms with Crippen LogP contribution in [0.25, 0.3) is 0 Å². The van der Waals surface area contributed by atoms with E-state index in [1.165, 1.54) is 28.1 Å². The Morgan fingerprint density at radius 1 is 1.00 bits per heavy atom. The molecule has 0 atom stereocenters. The molecule has 2 aromatic carbocycles. The predicted octanol–water partition coefficient (Wildman–Crippen LogP) is 4.02. The highest BCUT2D eigenvalue weighted by molar-refractivity contribution is 7.89. The van der Waals surface area contributed by atoms with E-state index >= 15 is 0 Å². The lowest BCUT2D eigenvalue weighted by Gasteiger charge is -2.31. The molecule has 32 heavy (non-hydrogen) atoms. The van der Waals surface area contributed by atoms with Crippen LogP contribution < -0.4 is 5.32 Å². The maximum Gasteiger partial charge on any atom is 0.243 e. The minimum atomic E-state index is -3.56. The standard InChI is InChI=1S/C24H30ClN3O3S/c25-22-9-8-21(32(30,31)28-12-4-5-13-28)17-23(22)26-24(29)18-27-14-10-20(11-15-27)16-19-6-2-1-3-7-19/h1-3,6-9,17,20H,4-5,10-16,18H2,(H,26,29). The number of amides is 1. The quantitative estimate of drug-likeness (QED) is 0.656. The molecule has 1 N–H and O–H groups in total. The molecule has 1 amide bonds. The third-order valence-electron chi connectivity index (χ3n) is 6.36. The van der Waals surface area contributed by atoms with Gasteiger partial charge in [-0.05, 0) is 74.9 Å². The van der Waals surface area contributed by atoms with Gasteiger partial charge in [0.1, 0.15) is 0 Å². The Balaban J connectivity index is 1.31. The van der Waals surface area contributed by atoms with Crippen LogP contribution in [0.15, 0.2) is 53.4 Å². The van der Waals surface area contributed by atoms with Gasteiger partial charge in [0.25, 0.3) is 0 Å². The fraction of sp³-hybridized carbons (Fsp3) is 0.458. The number of anilines is 1. The zero-order valence-corrected chi connectivity index (χ0v) is 19.7. The number of likely N-dealkylation sites (tertiary alicyclic amines) is 1. The maximum absolute atomic E-state index is 12.8. The van der Waals surface area contributed by atoms with Crippen LogP contribution in [0.3, 0.4) is 0 Å². The minimum Gasteiger partial charge on any atom is -0.324 e. The molecular formula is C24H30ClN3O3S. The molecule has 2 aromatic rings. The smallest absolute Gasteiger partial charge is 0.243 e. The number of sulfonamides is 1. The highest BCUT2D eigenvalue weighted by Gasteiger charge is 2.28. The normalized spacial score (nSPS) is 18.7. The molecule has 2 aliphatic rings. The van der Waals surface area contributed by atoms with Gasteiger partial charge in [0.05, 0.1) is 22.2 Å². The van der Waals surface area contributed by atoms with E-state index in [1.54, 1.807) is 0 Å². The molecule has 0 spiro atoms. The minimum absolute atomic E-state index is 0.167. The monoisotopic (exact) mass is 475 g/mol. The first kappa shape index (κ1) is 23.2. The molecule has 0 bridgehead atoms. The second-order valence-corrected chi connectivity index (χ2v) is 11.1. The Labute approximate surface area is 195 Å². The molecule has 0 unspecified atom stereocenters. The van der Waals surface area contributed by atoms with Gasteiger partial charge in [-0.3, -0.25) is 9.69 Å². The molecule has 0 radical (unpaired) electrons. The van der Waals surface area contributed by atoms with Gasteiger partial charge in [0, 0.05) is 13.1 Å². The van der Waals surface area contributed by atoms with E-state index in [4.69, 9.17) is 11.6 Å². The van der Waals surface area contributed by atoms with Gasteiger partial charge < -0.3 is 5.32 Å². The largest absolute Gasteiger partial charge is 0.324 e. The Kier molecular flexibility index (Phi) is 7.51. The first-order valence-corrected chi connectivity index (χ1v) is 13.1. The van der Waals surface area contributed by atoms with Gasteiger partial charge >= 0.3 is 0 Å². The highest BCUT2D eigenvalue weighted by Crippen LogP contribution is 2.28. The lowest BCUT2D eigenvalue weighted by Crippen LogP contribution is -2.39. The van der Waals surface area contributed by atoms with E-state index in [1.807, 2.05) is 6.07 Å². The summed E-state index contributed by atoms with van der Waals surface area (Å²) in [6.45, 7) is 3.10. The topological polar surface area (TPSA) is 69.7 Å². The van der Waals surface area contributed by atoms with Gasteiger partial charge in [-0.1, -0.05) is 41.9 Å². The van der Waals surface area contributed by atoms with E-state index in [0.29, 0.717) is 29.7 Å². The highest BCUT2D eigenvalue weighted by atomic mass is 35.5. The van der Waals surface area contributed by atoms with Gasteiger partial charge in [0.15, 0.2) is 0 Å². The SMILES string of the molecule is O=C(CN1CCC(Cc2ccccc2)CC1)Nc1cc(S(=O)(=O)N2CCCC2)ccc1Cl. The van der Waals surface area contributed by atoms with Gasteiger partial charge in [-0.2, -0.15) is 4.31 Å². The zero-order valence-electron chi connectivity index (χ0n) is 18.2. The first-order chi connectivity index (χ1) is 15.4. The molecule has 6 nitrogen and oxygen atoms in total. The van der Waals surface area contributed by atoms with Crippen molar-refractivity contribution < 1.29 is 13.2 Å². The van der Waals surface area contributed by atoms with E-state index in [2.05, 4.69) is 34.5 Å². The summed E-state index contributed by atoms with van der Waals surface area (Å²) >= 11 is 6.25. The van der Waals surface area contributed by atoms with Crippen molar-refractivity contribution in [1.29, 1.82) is 0 Å². The molecule has 0 saturated carbocycles. The summed E-state index contributed by atoms with van der Waals surface area (Å²) < 4.78 is 27.1. The van der Waals surface area contributed by atoms with Crippen molar-refractivity contribution in [1.82, 2.24) is 9.21 Å². The van der Waals surface area contributed by atoms with Crippen molar-refractivity contribution in [2.75, 3.05) is 38.0 Å². The summed E-state index contributed by atoms with van der Waals surface area (Å²) in [5.41, 5.74) is 1.71. The predicted molar refractivity (Wildman–Crippen MR) is 127 cm³/mol. The van der Waals surface area contributed by atoms with E-state index in [0.717, 1.165) is 45.2 Å². The van der Waals surface area contributed by atoms with Crippen LogP contribution in [-0.2, 0) is 21.2 Å². The van der Waals surface area contributed by atoms with Crippen molar-refractivity contribution in [2.45, 2.75) is 37.0 Å². The van der Waals surface area contributed by atoms with Crippen molar-refractivity contribution in [3.63, 3.8) is 0 Å². The van der Waals surface area contributed by atoms with Crippen molar-refractivity contribution in [2.24, 2.45) is 5.92 Å². The summed E-state index contributed by atoms with van der Waals surface area (Å²) in [5.74, 6) is 0.461. The first-order valence-electron chi connectivity index (χ1n) is 11.3. The van der Waals surface area contributed by atoms with Gasteiger partial charge in [-0.15, -0.1) is 0 Å². The molecule has 8 heteroatoms. The molecule has 0 aromatic heterocycles. The lowest BCUT2D eigenvalue weighted by molar-refractivity contribution is -0.117. The summed E-state index contributed by atoms with van der Waals surface area (Å²) in [6, 6.07) is 15.0. The average molecular weight is 476 g/mol. The van der Waals surface area contributed by atoms with E-state index in [-0.39, 0.29) is 17.3 Å². The number of carbonyl (C=O) groups excluding carboxylic acids is 1. The Hall–Kier alpha value is -1.93. The number of halogens is 1. The molecule has 2 aliphatic heterocycles. The second-order valence-electron chi connectivity index (χ2n) is 8.71. The number of rotatable bonds is 7. The Morgan fingerprint density at radius 2 is 1.69 bits per heavy atom. The average Bonchev–Trinajstić information content (AvgIpc) is 3.33. The van der Waals surface area contributed by atoms with Crippen molar-refractivity contribution in [3.8, 4) is 0 Å². The number of nitrogens with one attached hydrogen (secondary N) is 1. The van der Waals surface area contributed by atoms with Crippen LogP contribution in [0.4, 0.5) is 5.69 Å². The molecule has 0 aliphatic carbocycles. The molecule has 172 valence electrons. The summed E-state index contributed by atoms with van der Waals surface area (Å²) in [7, 11) is -3.56. The number of piperidine rings is 1. The number of hydrogen-bond acceptors (Lipinski definition) is 4. The molecule has 4 rings (SSSR count). The number of carbonyl (C=O) groups is 1. The van der Waals surface area contributed by atoms with E-state index < -0.39 is 10.0 Å². The van der Waals surface area contributed by atoms with Crippen LogP contribution >= 0.6 is 11.6 Å². The number of nitrogens with zero attached hydrogens (tertiary/aromatic N) is 2. The number of hydrogen-bond donors (Lipinski definition) is 1. The van der Waals surface area contributed by atoms with Gasteiger partial charge in [0.2, 0.25) is 15.9 Å². The third kappa shape index (κ3) is 5.70. The molecule has 2 fully saturated rings. The lowest BCUT2D eigenvalue weighted by atomic mass is 9.90. The number of benzene rings is 2. The summed E-state index contributed by atoms with van der Waals surface area (Å²) in [6.07, 6.45) is 4.95. The third-order valence-corrected chi connectivity index (χ3v) is 8.58. The Morgan fingerprint density at radius 3 is 2.38 bits per heavy atom. The van der Waals surface area contributed by atoms with E-state index in [9.17, 15) is 13.2 Å². The zero-order chi connectivity index (χ0) is 22.6. The fourth-order valence-corrected chi connectivity index (χ4v) is 6.24. The van der Waals surface area contributed by atoms with Crippen LogP contribution in [0, 0.1) is 5.92 Å². The second kappa shape index (κ2) is 10.3. The van der Waals surface area contributed by atoms with Crippen LogP contribution in [0.1, 0.15) is 31.2 Å². The van der Waals surface area contributed by atoms with Crippen LogP contribution in [0.2, 0.25) is 5.02 Å². The van der Waals surface area contributed by atoms with Crippen LogP contribution in [0.5, 0.6) is 0 Å². The summed E-state index contributed by atoms with van der Waals surface area (Å²) in [4.78, 5) is 15.0. The molecule has 2 saturated heterocycles. The molecular weight excluding hydrogens is 446 g/mol. The fourth-order valence-electron chi connectivity index (χ4n) is 4.53. The van der Waals surface area contributed by atoms with Crippen molar-refractivity contribution in [3.05, 3.63) is 59.1 Å².